The zero-order valence-corrected chi connectivity index (χ0v) is 15.7. The smallest absolute Gasteiger partial charge is 0.280 e. The second-order valence-corrected chi connectivity index (χ2v) is 7.27. The van der Waals surface area contributed by atoms with Crippen molar-refractivity contribution >= 4 is 34.5 Å². The van der Waals surface area contributed by atoms with Gasteiger partial charge in [-0.1, -0.05) is 17.7 Å². The molecule has 6 heteroatoms. The van der Waals surface area contributed by atoms with Gasteiger partial charge in [-0.05, 0) is 48.6 Å². The van der Waals surface area contributed by atoms with Crippen molar-refractivity contribution in [3.05, 3.63) is 51.7 Å². The van der Waals surface area contributed by atoms with E-state index in [1.807, 2.05) is 41.8 Å². The largest absolute Gasteiger partial charge is 1.00 e. The van der Waals surface area contributed by atoms with Crippen molar-refractivity contribution < 1.29 is 26.7 Å². The third-order valence-corrected chi connectivity index (χ3v) is 5.80. The highest BCUT2D eigenvalue weighted by Crippen LogP contribution is 2.37. The van der Waals surface area contributed by atoms with Crippen molar-refractivity contribution in [2.24, 2.45) is 0 Å². The Bertz CT molecular complexity index is 717. The lowest BCUT2D eigenvalue weighted by molar-refractivity contribution is -0.660. The number of β-amino-alcohol motifs (C(OH)–C–C–N with tert-alkyl or cyclic N) is 1. The SMILES string of the molecule is OC1(c2cccs2)CN(c2ccc(Cl)cc2)C2=[N+]1CCCC2.[Br-]. The maximum Gasteiger partial charge on any atom is 0.280 e. The van der Waals surface area contributed by atoms with Crippen molar-refractivity contribution in [3.8, 4) is 0 Å². The summed E-state index contributed by atoms with van der Waals surface area (Å²) in [6.45, 7) is 1.48. The van der Waals surface area contributed by atoms with Gasteiger partial charge in [0.15, 0.2) is 6.54 Å². The van der Waals surface area contributed by atoms with E-state index in [2.05, 4.69) is 9.48 Å². The Morgan fingerprint density at radius 3 is 2.65 bits per heavy atom. The number of nitrogens with zero attached hydrogens (tertiary/aromatic N) is 2. The van der Waals surface area contributed by atoms with Gasteiger partial charge >= 0.3 is 0 Å². The molecule has 0 aliphatic carbocycles. The quantitative estimate of drug-likeness (QED) is 0.733. The Morgan fingerprint density at radius 1 is 1.17 bits per heavy atom. The van der Waals surface area contributed by atoms with Gasteiger partial charge in [-0.3, -0.25) is 0 Å². The fraction of sp³-hybridized carbons (Fsp3) is 0.353. The summed E-state index contributed by atoms with van der Waals surface area (Å²) in [5, 5.41) is 14.1. The van der Waals surface area contributed by atoms with Gasteiger partial charge in [0, 0.05) is 11.4 Å². The zero-order valence-electron chi connectivity index (χ0n) is 12.6. The third-order valence-electron chi connectivity index (χ3n) is 4.53. The van der Waals surface area contributed by atoms with E-state index < -0.39 is 5.72 Å². The highest BCUT2D eigenvalue weighted by Gasteiger charge is 2.53. The molecule has 0 saturated carbocycles. The second kappa shape index (κ2) is 6.55. The third kappa shape index (κ3) is 2.84. The lowest BCUT2D eigenvalue weighted by Crippen LogP contribution is -3.00. The van der Waals surface area contributed by atoms with Crippen LogP contribution in [0, 0.1) is 0 Å². The van der Waals surface area contributed by atoms with Gasteiger partial charge in [-0.2, -0.15) is 0 Å². The molecule has 2 aromatic rings. The Labute approximate surface area is 155 Å². The number of anilines is 1. The van der Waals surface area contributed by atoms with Crippen LogP contribution in [0.25, 0.3) is 0 Å². The van der Waals surface area contributed by atoms with Crippen LogP contribution < -0.4 is 21.9 Å². The van der Waals surface area contributed by atoms with Crippen molar-refractivity contribution in [3.63, 3.8) is 0 Å². The maximum absolute atomic E-state index is 11.4. The summed E-state index contributed by atoms with van der Waals surface area (Å²) in [6, 6.07) is 11.9. The van der Waals surface area contributed by atoms with Crippen LogP contribution in [-0.4, -0.2) is 28.6 Å². The molecule has 3 heterocycles. The standard InChI is InChI=1S/C17H18ClN2OS.BrH/c18-13-6-8-14(9-7-13)19-12-17(21,15-4-3-11-22-15)20-10-2-1-5-16(19)20;/h3-4,6-9,11,21H,1-2,5,10,12H2;1H/q+1;/p-1. The normalized spacial score (nSPS) is 23.7. The van der Waals surface area contributed by atoms with E-state index in [-0.39, 0.29) is 17.0 Å². The second-order valence-electron chi connectivity index (χ2n) is 5.88. The predicted octanol–water partition coefficient (Wildman–Crippen LogP) is 0.666. The predicted molar refractivity (Wildman–Crippen MR) is 91.0 cm³/mol. The van der Waals surface area contributed by atoms with E-state index in [0.717, 1.165) is 35.0 Å². The summed E-state index contributed by atoms with van der Waals surface area (Å²) in [4.78, 5) is 3.26. The van der Waals surface area contributed by atoms with E-state index in [9.17, 15) is 5.11 Å². The van der Waals surface area contributed by atoms with Crippen LogP contribution in [0.1, 0.15) is 24.1 Å². The highest BCUT2D eigenvalue weighted by molar-refractivity contribution is 7.10. The van der Waals surface area contributed by atoms with Crippen LogP contribution in [0.4, 0.5) is 5.69 Å². The van der Waals surface area contributed by atoms with Crippen molar-refractivity contribution in [1.82, 2.24) is 0 Å². The summed E-state index contributed by atoms with van der Waals surface area (Å²) in [6.07, 6.45) is 3.32. The molecular weight excluding hydrogens is 396 g/mol. The van der Waals surface area contributed by atoms with Crippen molar-refractivity contribution in [2.45, 2.75) is 25.0 Å². The molecule has 0 bridgehead atoms. The first-order valence-corrected chi connectivity index (χ1v) is 8.87. The molecule has 1 aromatic carbocycles. The van der Waals surface area contributed by atoms with Crippen molar-refractivity contribution in [1.29, 1.82) is 0 Å². The molecule has 3 nitrogen and oxygen atoms in total. The van der Waals surface area contributed by atoms with E-state index in [1.54, 1.807) is 11.3 Å². The van der Waals surface area contributed by atoms with Crippen LogP contribution in [0.2, 0.25) is 5.02 Å². The van der Waals surface area contributed by atoms with Crippen LogP contribution >= 0.6 is 22.9 Å². The fourth-order valence-corrected chi connectivity index (χ4v) is 4.42. The Kier molecular flexibility index (Phi) is 4.83. The van der Waals surface area contributed by atoms with Crippen molar-refractivity contribution in [2.75, 3.05) is 18.0 Å². The molecule has 0 amide bonds. The van der Waals surface area contributed by atoms with Gasteiger partial charge in [-0.15, -0.1) is 11.3 Å². The van der Waals surface area contributed by atoms with Crippen LogP contribution in [0.15, 0.2) is 41.8 Å². The van der Waals surface area contributed by atoms with Gasteiger partial charge in [0.1, 0.15) is 5.69 Å². The van der Waals surface area contributed by atoms with Gasteiger partial charge in [0.2, 0.25) is 0 Å². The first-order chi connectivity index (χ1) is 10.7. The number of amidine groups is 1. The monoisotopic (exact) mass is 412 g/mol. The Morgan fingerprint density at radius 2 is 1.96 bits per heavy atom. The lowest BCUT2D eigenvalue weighted by atomic mass is 10.1. The van der Waals surface area contributed by atoms with E-state index in [1.165, 1.54) is 12.3 Å². The molecule has 0 saturated heterocycles. The molecule has 1 unspecified atom stereocenters. The zero-order chi connectivity index (χ0) is 15.2. The molecule has 4 rings (SSSR count). The maximum atomic E-state index is 11.4. The molecule has 23 heavy (non-hydrogen) atoms. The molecule has 2 aliphatic rings. The van der Waals surface area contributed by atoms with E-state index in [4.69, 9.17) is 11.6 Å². The molecule has 1 aromatic heterocycles. The number of halogens is 2. The molecule has 0 spiro atoms. The minimum absolute atomic E-state index is 0. The molecule has 1 N–H and O–H groups in total. The number of rotatable bonds is 2. The highest BCUT2D eigenvalue weighted by atomic mass is 79.9. The molecule has 2 aliphatic heterocycles. The fourth-order valence-electron chi connectivity index (χ4n) is 3.47. The average molecular weight is 414 g/mol. The lowest BCUT2D eigenvalue weighted by Gasteiger charge is -2.22. The van der Waals surface area contributed by atoms with Gasteiger partial charge in [0.05, 0.1) is 11.4 Å². The first kappa shape index (κ1) is 17.0. The first-order valence-electron chi connectivity index (χ1n) is 7.61. The Hall–Kier alpha value is -0.880. The number of hydrogen-bond donors (Lipinski definition) is 1. The molecule has 0 fully saturated rings. The summed E-state index contributed by atoms with van der Waals surface area (Å²) in [7, 11) is 0. The number of benzene rings is 1. The topological polar surface area (TPSA) is 26.5 Å². The molecular formula is C17H18BrClN2OS. The van der Waals surface area contributed by atoms with Crippen LogP contribution in [0.5, 0.6) is 0 Å². The number of thiophene rings is 1. The average Bonchev–Trinajstić information content (AvgIpc) is 3.17. The Balaban J connectivity index is 0.00000156. The number of aliphatic hydroxyl groups is 1. The summed E-state index contributed by atoms with van der Waals surface area (Å²) in [5.74, 6) is 1.23. The van der Waals surface area contributed by atoms with Gasteiger partial charge in [-0.25, -0.2) is 9.48 Å². The minimum atomic E-state index is -0.913. The molecule has 122 valence electrons. The minimum Gasteiger partial charge on any atom is -1.00 e. The van der Waals surface area contributed by atoms with Crippen LogP contribution in [-0.2, 0) is 5.72 Å². The summed E-state index contributed by atoms with van der Waals surface area (Å²) in [5.41, 5.74) is 0.183. The van der Waals surface area contributed by atoms with Crippen LogP contribution in [0.3, 0.4) is 0 Å². The van der Waals surface area contributed by atoms with Gasteiger partial charge < -0.3 is 22.1 Å². The summed E-state index contributed by atoms with van der Waals surface area (Å²) >= 11 is 7.63. The molecule has 0 radical (unpaired) electrons. The van der Waals surface area contributed by atoms with Gasteiger partial charge in [0.25, 0.3) is 11.6 Å². The number of hydrogen-bond acceptors (Lipinski definition) is 3. The summed E-state index contributed by atoms with van der Waals surface area (Å²) < 4.78 is 2.19. The molecule has 1 atom stereocenters. The van der Waals surface area contributed by atoms with E-state index >= 15 is 0 Å². The van der Waals surface area contributed by atoms with E-state index in [0.29, 0.717) is 6.54 Å².